The molecule has 0 unspecified atom stereocenters. The molecule has 0 bridgehead atoms. The highest BCUT2D eigenvalue weighted by Crippen LogP contribution is 2.33. The lowest BCUT2D eigenvalue weighted by molar-refractivity contribution is -0.116. The second-order valence-corrected chi connectivity index (χ2v) is 6.88. The Balaban J connectivity index is 1.31. The third-order valence-electron chi connectivity index (χ3n) is 4.92. The van der Waals surface area contributed by atoms with Gasteiger partial charge in [-0.15, -0.1) is 0 Å². The van der Waals surface area contributed by atoms with E-state index in [1.54, 1.807) is 0 Å². The Labute approximate surface area is 167 Å². The highest BCUT2D eigenvalue weighted by Gasteiger charge is 2.15. The molecule has 1 aromatic heterocycles. The quantitative estimate of drug-likeness (QED) is 0.529. The Morgan fingerprint density at radius 2 is 1.83 bits per heavy atom. The largest absolute Gasteiger partial charge is 0.454 e. The Morgan fingerprint density at radius 1 is 1.00 bits per heavy atom. The van der Waals surface area contributed by atoms with Gasteiger partial charge in [-0.2, -0.15) is 0 Å². The molecule has 0 saturated carbocycles. The fourth-order valence-electron chi connectivity index (χ4n) is 3.45. The number of para-hydroxylation sites is 3. The van der Waals surface area contributed by atoms with Crippen molar-refractivity contribution in [1.82, 2.24) is 9.97 Å². The number of anilines is 1. The molecule has 5 rings (SSSR count). The molecule has 2 N–H and O–H groups in total. The topological polar surface area (TPSA) is 76.2 Å². The van der Waals surface area contributed by atoms with Crippen molar-refractivity contribution in [2.24, 2.45) is 0 Å². The van der Waals surface area contributed by atoms with Gasteiger partial charge in [0.1, 0.15) is 5.82 Å². The lowest BCUT2D eigenvalue weighted by Crippen LogP contribution is -2.13. The summed E-state index contributed by atoms with van der Waals surface area (Å²) in [4.78, 5) is 20.5. The van der Waals surface area contributed by atoms with E-state index in [4.69, 9.17) is 9.47 Å². The van der Waals surface area contributed by atoms with Gasteiger partial charge in [0, 0.05) is 12.0 Å². The van der Waals surface area contributed by atoms with E-state index in [0.717, 1.165) is 45.2 Å². The van der Waals surface area contributed by atoms with Gasteiger partial charge in [0.05, 0.1) is 16.7 Å². The molecular weight excluding hydrogens is 366 g/mol. The predicted molar refractivity (Wildman–Crippen MR) is 111 cm³/mol. The van der Waals surface area contributed by atoms with Gasteiger partial charge in [-0.3, -0.25) is 4.79 Å². The number of carbonyl (C=O) groups is 1. The zero-order valence-corrected chi connectivity index (χ0v) is 15.6. The number of nitrogens with one attached hydrogen (secondary N) is 2. The summed E-state index contributed by atoms with van der Waals surface area (Å²) < 4.78 is 10.7. The minimum absolute atomic E-state index is 0.0498. The van der Waals surface area contributed by atoms with Gasteiger partial charge in [-0.1, -0.05) is 30.3 Å². The highest BCUT2D eigenvalue weighted by atomic mass is 16.7. The molecule has 1 amide bonds. The van der Waals surface area contributed by atoms with Crippen LogP contribution in [0.4, 0.5) is 5.69 Å². The number of nitrogens with zero attached hydrogens (tertiary/aromatic N) is 1. The number of imidazole rings is 1. The van der Waals surface area contributed by atoms with E-state index in [9.17, 15) is 4.79 Å². The van der Waals surface area contributed by atoms with E-state index < -0.39 is 0 Å². The smallest absolute Gasteiger partial charge is 0.231 e. The summed E-state index contributed by atoms with van der Waals surface area (Å²) in [5.41, 5.74) is 4.50. The van der Waals surface area contributed by atoms with Crippen LogP contribution >= 0.6 is 0 Å². The van der Waals surface area contributed by atoms with Crippen LogP contribution in [0.3, 0.4) is 0 Å². The summed E-state index contributed by atoms with van der Waals surface area (Å²) in [6.07, 6.45) is 0.989. The average Bonchev–Trinajstić information content (AvgIpc) is 3.39. The van der Waals surface area contributed by atoms with E-state index in [-0.39, 0.29) is 12.7 Å². The number of fused-ring (bicyclic) bond motifs is 2. The van der Waals surface area contributed by atoms with Crippen molar-refractivity contribution in [2.75, 3.05) is 12.1 Å². The van der Waals surface area contributed by atoms with Gasteiger partial charge in [0.15, 0.2) is 11.5 Å². The highest BCUT2D eigenvalue weighted by molar-refractivity contribution is 5.95. The normalized spacial score (nSPS) is 12.3. The minimum atomic E-state index is -0.0498. The molecule has 0 spiro atoms. The molecule has 144 valence electrons. The third kappa shape index (κ3) is 3.52. The number of aromatic amines is 1. The fraction of sp³-hybridized carbons (Fsp3) is 0.130. The number of benzene rings is 3. The Bertz CT molecular complexity index is 1170. The van der Waals surface area contributed by atoms with Crippen LogP contribution in [0.15, 0.2) is 66.7 Å². The van der Waals surface area contributed by atoms with Crippen molar-refractivity contribution in [3.63, 3.8) is 0 Å². The first-order valence-corrected chi connectivity index (χ1v) is 9.49. The van der Waals surface area contributed by atoms with Crippen molar-refractivity contribution < 1.29 is 14.3 Å². The number of H-pyrrole nitrogens is 1. The van der Waals surface area contributed by atoms with Gasteiger partial charge < -0.3 is 19.8 Å². The number of aromatic nitrogens is 2. The summed E-state index contributed by atoms with van der Waals surface area (Å²) in [7, 11) is 0. The van der Waals surface area contributed by atoms with E-state index in [1.165, 1.54) is 0 Å². The van der Waals surface area contributed by atoms with Crippen molar-refractivity contribution in [1.29, 1.82) is 0 Å². The van der Waals surface area contributed by atoms with Crippen LogP contribution in [0.2, 0.25) is 0 Å². The fourth-order valence-corrected chi connectivity index (χ4v) is 3.45. The number of ether oxygens (including phenoxy) is 2. The summed E-state index contributed by atoms with van der Waals surface area (Å²) in [6, 6.07) is 21.3. The summed E-state index contributed by atoms with van der Waals surface area (Å²) in [6.45, 7) is 0.248. The number of carbonyl (C=O) groups excluding carboxylic acids is 1. The van der Waals surface area contributed by atoms with Crippen LogP contribution in [0, 0.1) is 0 Å². The predicted octanol–water partition coefficient (Wildman–Crippen LogP) is 4.53. The molecule has 29 heavy (non-hydrogen) atoms. The van der Waals surface area contributed by atoms with E-state index >= 15 is 0 Å². The van der Waals surface area contributed by atoms with Crippen LogP contribution in [0.5, 0.6) is 11.5 Å². The first-order valence-electron chi connectivity index (χ1n) is 9.49. The van der Waals surface area contributed by atoms with Crippen molar-refractivity contribution in [3.05, 3.63) is 72.3 Å². The number of rotatable bonds is 5. The molecule has 1 aliphatic heterocycles. The molecule has 3 aromatic carbocycles. The molecule has 1 aliphatic rings. The van der Waals surface area contributed by atoms with Gasteiger partial charge >= 0.3 is 0 Å². The molecule has 0 aliphatic carbocycles. The molecule has 0 fully saturated rings. The molecule has 0 saturated heterocycles. The van der Waals surface area contributed by atoms with E-state index in [2.05, 4.69) is 15.3 Å². The van der Waals surface area contributed by atoms with Gasteiger partial charge in [0.2, 0.25) is 12.7 Å². The lowest BCUT2D eigenvalue weighted by Gasteiger charge is -2.10. The average molecular weight is 385 g/mol. The molecule has 6 heteroatoms. The number of hydrogen-bond donors (Lipinski definition) is 2. The third-order valence-corrected chi connectivity index (χ3v) is 4.92. The molecule has 4 aromatic rings. The van der Waals surface area contributed by atoms with Crippen molar-refractivity contribution in [3.8, 4) is 22.9 Å². The summed E-state index contributed by atoms with van der Waals surface area (Å²) >= 11 is 0. The molecule has 2 heterocycles. The van der Waals surface area contributed by atoms with Crippen molar-refractivity contribution >= 4 is 22.6 Å². The summed E-state index contributed by atoms with van der Waals surface area (Å²) in [5.74, 6) is 2.17. The van der Waals surface area contributed by atoms with Crippen molar-refractivity contribution in [2.45, 2.75) is 12.8 Å². The molecule has 0 atom stereocenters. The van der Waals surface area contributed by atoms with Gasteiger partial charge in [-0.25, -0.2) is 4.98 Å². The Kier molecular flexibility index (Phi) is 4.37. The SMILES string of the molecule is O=C(CCc1ccc2c(c1)OCO2)Nc1ccccc1-c1nc2ccccc2[nH]1. The van der Waals surface area contributed by atoms with E-state index in [0.29, 0.717) is 12.8 Å². The molecular formula is C23H19N3O3. The standard InChI is InChI=1S/C23H19N3O3/c27-22(12-10-15-9-11-20-21(13-15)29-14-28-20)24-17-6-2-1-5-16(17)23-25-18-7-3-4-8-19(18)26-23/h1-9,11,13H,10,12,14H2,(H,24,27)(H,25,26). The van der Waals surface area contributed by atoms with Crippen LogP contribution in [0.25, 0.3) is 22.4 Å². The number of amides is 1. The maximum atomic E-state index is 12.6. The zero-order chi connectivity index (χ0) is 19.6. The minimum Gasteiger partial charge on any atom is -0.454 e. The summed E-state index contributed by atoms with van der Waals surface area (Å²) in [5, 5.41) is 3.02. The van der Waals surface area contributed by atoms with Gasteiger partial charge in [-0.05, 0) is 48.4 Å². The monoisotopic (exact) mass is 385 g/mol. The Morgan fingerprint density at radius 3 is 2.76 bits per heavy atom. The maximum absolute atomic E-state index is 12.6. The second kappa shape index (κ2) is 7.31. The van der Waals surface area contributed by atoms with Crippen LogP contribution in [-0.2, 0) is 11.2 Å². The van der Waals surface area contributed by atoms with Crippen LogP contribution < -0.4 is 14.8 Å². The zero-order valence-electron chi connectivity index (χ0n) is 15.6. The maximum Gasteiger partial charge on any atom is 0.231 e. The Hall–Kier alpha value is -3.80. The van der Waals surface area contributed by atoms with E-state index in [1.807, 2.05) is 66.7 Å². The first-order chi connectivity index (χ1) is 14.3. The number of hydrogen-bond acceptors (Lipinski definition) is 4. The van der Waals surface area contributed by atoms with Crippen LogP contribution in [0.1, 0.15) is 12.0 Å². The molecule has 6 nitrogen and oxygen atoms in total. The lowest BCUT2D eigenvalue weighted by atomic mass is 10.1. The second-order valence-electron chi connectivity index (χ2n) is 6.88. The van der Waals surface area contributed by atoms with Crippen LogP contribution in [-0.4, -0.2) is 22.7 Å². The first kappa shape index (κ1) is 17.3. The van der Waals surface area contributed by atoms with Gasteiger partial charge in [0.25, 0.3) is 0 Å². The number of aryl methyl sites for hydroxylation is 1. The molecule has 0 radical (unpaired) electrons.